The molecule has 1 aromatic rings. The van der Waals surface area contributed by atoms with Gasteiger partial charge in [-0.15, -0.1) is 0 Å². The van der Waals surface area contributed by atoms with Crippen molar-refractivity contribution >= 4 is 5.69 Å². The Kier molecular flexibility index (Phi) is 4.04. The van der Waals surface area contributed by atoms with Gasteiger partial charge in [0.2, 0.25) is 0 Å². The number of hydrogen-bond acceptors (Lipinski definition) is 3. The number of anilines is 1. The van der Waals surface area contributed by atoms with Crippen LogP contribution in [0.5, 0.6) is 0 Å². The Hall–Kier alpha value is -1.06. The first-order valence-electron chi connectivity index (χ1n) is 7.53. The fourth-order valence-corrected chi connectivity index (χ4v) is 2.90. The fourth-order valence-electron chi connectivity index (χ4n) is 2.90. The lowest BCUT2D eigenvalue weighted by atomic mass is 10.1. The van der Waals surface area contributed by atoms with Crippen LogP contribution >= 0.6 is 0 Å². The molecule has 2 fully saturated rings. The van der Waals surface area contributed by atoms with Crippen molar-refractivity contribution in [2.45, 2.75) is 44.9 Å². The molecule has 3 heteroatoms. The van der Waals surface area contributed by atoms with Crippen LogP contribution in [0.15, 0.2) is 24.3 Å². The molecular weight excluding hydrogens is 236 g/mol. The molecule has 1 atom stereocenters. The van der Waals surface area contributed by atoms with E-state index >= 15 is 0 Å². The van der Waals surface area contributed by atoms with Crippen molar-refractivity contribution in [3.05, 3.63) is 29.8 Å². The number of para-hydroxylation sites is 1. The molecule has 1 N–H and O–H groups in total. The molecule has 3 nitrogen and oxygen atoms in total. The lowest BCUT2D eigenvalue weighted by molar-refractivity contribution is 0.134. The minimum atomic E-state index is 0.600. The molecule has 0 amide bonds. The third kappa shape index (κ3) is 3.28. The van der Waals surface area contributed by atoms with Gasteiger partial charge >= 0.3 is 0 Å². The molecule has 0 aromatic heterocycles. The highest BCUT2D eigenvalue weighted by atomic mass is 16.5. The molecule has 1 aliphatic heterocycles. The zero-order valence-electron chi connectivity index (χ0n) is 11.8. The lowest BCUT2D eigenvalue weighted by Gasteiger charge is -2.18. The Morgan fingerprint density at radius 3 is 2.89 bits per heavy atom. The summed E-state index contributed by atoms with van der Waals surface area (Å²) in [5.74, 6) is 0. The van der Waals surface area contributed by atoms with Gasteiger partial charge in [0, 0.05) is 43.0 Å². The molecule has 1 unspecified atom stereocenters. The highest BCUT2D eigenvalue weighted by molar-refractivity contribution is 5.51. The molecule has 1 heterocycles. The lowest BCUT2D eigenvalue weighted by Crippen LogP contribution is -2.28. The zero-order chi connectivity index (χ0) is 13.1. The van der Waals surface area contributed by atoms with E-state index < -0.39 is 0 Å². The van der Waals surface area contributed by atoms with Crippen molar-refractivity contribution in [3.8, 4) is 0 Å². The summed E-state index contributed by atoms with van der Waals surface area (Å²) in [4.78, 5) is 2.64. The van der Waals surface area contributed by atoms with Gasteiger partial charge in [-0.2, -0.15) is 0 Å². The van der Waals surface area contributed by atoms with Crippen LogP contribution in [0.2, 0.25) is 0 Å². The van der Waals surface area contributed by atoms with Crippen molar-refractivity contribution in [2.24, 2.45) is 0 Å². The summed E-state index contributed by atoms with van der Waals surface area (Å²) in [7, 11) is 0. The second-order valence-electron chi connectivity index (χ2n) is 5.65. The maximum Gasteiger partial charge on any atom is 0.0736 e. The Morgan fingerprint density at radius 1 is 1.26 bits per heavy atom. The van der Waals surface area contributed by atoms with Crippen LogP contribution in [0.3, 0.4) is 0 Å². The summed E-state index contributed by atoms with van der Waals surface area (Å²) < 4.78 is 5.54. The van der Waals surface area contributed by atoms with Gasteiger partial charge in [-0.3, -0.25) is 4.90 Å². The van der Waals surface area contributed by atoms with Crippen molar-refractivity contribution in [1.29, 1.82) is 0 Å². The van der Waals surface area contributed by atoms with Crippen LogP contribution in [0.25, 0.3) is 0 Å². The molecule has 0 bridgehead atoms. The number of rotatable bonds is 6. The van der Waals surface area contributed by atoms with Crippen molar-refractivity contribution in [1.82, 2.24) is 4.90 Å². The van der Waals surface area contributed by atoms with E-state index in [1.165, 1.54) is 43.6 Å². The van der Waals surface area contributed by atoms with Crippen molar-refractivity contribution < 1.29 is 4.74 Å². The van der Waals surface area contributed by atoms with Gasteiger partial charge in [0.15, 0.2) is 0 Å². The van der Waals surface area contributed by atoms with Gasteiger partial charge in [-0.05, 0) is 32.3 Å². The fraction of sp³-hybridized carbons (Fsp3) is 0.625. The van der Waals surface area contributed by atoms with E-state index in [-0.39, 0.29) is 0 Å². The monoisotopic (exact) mass is 260 g/mol. The molecule has 3 rings (SSSR count). The van der Waals surface area contributed by atoms with Crippen LogP contribution in [-0.4, -0.2) is 36.7 Å². The van der Waals surface area contributed by atoms with Gasteiger partial charge in [-0.1, -0.05) is 18.2 Å². The van der Waals surface area contributed by atoms with E-state index in [0.717, 1.165) is 12.6 Å². The van der Waals surface area contributed by atoms with Gasteiger partial charge < -0.3 is 10.1 Å². The average Bonchev–Trinajstić information content (AvgIpc) is 3.19. The first-order chi connectivity index (χ1) is 9.36. The molecule has 19 heavy (non-hydrogen) atoms. The third-order valence-corrected chi connectivity index (χ3v) is 4.12. The Balaban J connectivity index is 1.59. The molecule has 2 aliphatic rings. The number of benzene rings is 1. The van der Waals surface area contributed by atoms with Crippen LogP contribution in [0, 0.1) is 0 Å². The normalized spacial score (nSPS) is 23.7. The number of likely N-dealkylation sites (tertiary alicyclic amines) is 1. The third-order valence-electron chi connectivity index (χ3n) is 4.12. The van der Waals surface area contributed by atoms with Crippen LogP contribution in [0.1, 0.15) is 31.7 Å². The Labute approximate surface area is 115 Å². The molecule has 1 aromatic carbocycles. The Bertz CT molecular complexity index is 417. The first-order valence-corrected chi connectivity index (χ1v) is 7.53. The first kappa shape index (κ1) is 12.9. The summed E-state index contributed by atoms with van der Waals surface area (Å²) in [6, 6.07) is 10.0. The van der Waals surface area contributed by atoms with Crippen molar-refractivity contribution in [3.63, 3.8) is 0 Å². The summed E-state index contributed by atoms with van der Waals surface area (Å²) in [5.41, 5.74) is 2.52. The Morgan fingerprint density at radius 2 is 2.11 bits per heavy atom. The molecule has 1 aliphatic carbocycles. The van der Waals surface area contributed by atoms with Gasteiger partial charge in [-0.25, -0.2) is 0 Å². The number of ether oxygens (including phenoxy) is 1. The molecule has 1 saturated heterocycles. The molecule has 0 radical (unpaired) electrons. The van der Waals surface area contributed by atoms with E-state index in [9.17, 15) is 0 Å². The highest BCUT2D eigenvalue weighted by Gasteiger charge is 2.34. The number of nitrogens with one attached hydrogen (secondary N) is 1. The summed E-state index contributed by atoms with van der Waals surface area (Å²) >= 11 is 0. The highest BCUT2D eigenvalue weighted by Crippen LogP contribution is 2.31. The second kappa shape index (κ2) is 5.93. The molecule has 0 spiro atoms. The maximum absolute atomic E-state index is 5.54. The average molecular weight is 260 g/mol. The van der Waals surface area contributed by atoms with Gasteiger partial charge in [0.05, 0.1) is 6.61 Å². The predicted octanol–water partition coefficient (Wildman–Crippen LogP) is 2.87. The van der Waals surface area contributed by atoms with Gasteiger partial charge in [0.25, 0.3) is 0 Å². The van der Waals surface area contributed by atoms with E-state index in [4.69, 9.17) is 4.74 Å². The number of nitrogens with zero attached hydrogens (tertiary/aromatic N) is 1. The summed E-state index contributed by atoms with van der Waals surface area (Å²) in [6.07, 6.45) is 4.08. The maximum atomic E-state index is 5.54. The molecule has 1 saturated carbocycles. The minimum Gasteiger partial charge on any atom is -0.381 e. The van der Waals surface area contributed by atoms with Gasteiger partial charge in [0.1, 0.15) is 0 Å². The quantitative estimate of drug-likeness (QED) is 0.851. The molecule has 104 valence electrons. The smallest absolute Gasteiger partial charge is 0.0736 e. The predicted molar refractivity (Wildman–Crippen MR) is 78.4 cm³/mol. The summed E-state index contributed by atoms with van der Waals surface area (Å²) in [6.45, 7) is 5.98. The summed E-state index contributed by atoms with van der Waals surface area (Å²) in [5, 5.41) is 3.71. The standard InChI is InChI=1S/C16H24N2O/c1-2-19-12-13-5-3-4-6-16(13)17-14-9-10-18(11-14)15-7-8-15/h3-6,14-15,17H,2,7-12H2,1H3. The molecular formula is C16H24N2O. The largest absolute Gasteiger partial charge is 0.381 e. The minimum absolute atomic E-state index is 0.600. The SMILES string of the molecule is CCOCc1ccccc1NC1CCN(C2CC2)C1. The second-order valence-corrected chi connectivity index (χ2v) is 5.65. The van der Waals surface area contributed by atoms with Crippen LogP contribution < -0.4 is 5.32 Å². The van der Waals surface area contributed by atoms with Crippen LogP contribution in [-0.2, 0) is 11.3 Å². The van der Waals surface area contributed by atoms with E-state index in [0.29, 0.717) is 12.6 Å². The topological polar surface area (TPSA) is 24.5 Å². The van der Waals surface area contributed by atoms with E-state index in [2.05, 4.69) is 34.5 Å². The zero-order valence-corrected chi connectivity index (χ0v) is 11.8. The van der Waals surface area contributed by atoms with Crippen LogP contribution in [0.4, 0.5) is 5.69 Å². The number of hydrogen-bond donors (Lipinski definition) is 1. The van der Waals surface area contributed by atoms with E-state index in [1.807, 2.05) is 6.92 Å². The van der Waals surface area contributed by atoms with Crippen molar-refractivity contribution in [2.75, 3.05) is 25.0 Å². The van der Waals surface area contributed by atoms with E-state index in [1.54, 1.807) is 0 Å².